The van der Waals surface area contributed by atoms with Crippen LogP contribution in [0.3, 0.4) is 0 Å². The molecule has 2 rings (SSSR count). The molecule has 2 nitrogen and oxygen atoms in total. The molecule has 0 amide bonds. The average molecular weight is 315 g/mol. The van der Waals surface area contributed by atoms with Crippen molar-refractivity contribution < 1.29 is 17.9 Å². The maximum Gasteiger partial charge on any atom is 0.416 e. The van der Waals surface area contributed by atoms with Crippen LogP contribution in [0.4, 0.5) is 13.2 Å². The van der Waals surface area contributed by atoms with Gasteiger partial charge in [-0.3, -0.25) is 0 Å². The fourth-order valence-electron chi connectivity index (χ4n) is 2.66. The zero-order valence-corrected chi connectivity index (χ0v) is 13.6. The second-order valence-corrected chi connectivity index (χ2v) is 7.08. The molecule has 0 saturated carbocycles. The van der Waals surface area contributed by atoms with E-state index >= 15 is 0 Å². The van der Waals surface area contributed by atoms with Gasteiger partial charge < -0.3 is 9.64 Å². The predicted molar refractivity (Wildman–Crippen MR) is 81.3 cm³/mol. The molecule has 0 bridgehead atoms. The highest BCUT2D eigenvalue weighted by atomic mass is 19.4. The third kappa shape index (κ3) is 4.15. The van der Waals surface area contributed by atoms with E-state index in [-0.39, 0.29) is 11.5 Å². The van der Waals surface area contributed by atoms with Gasteiger partial charge in [-0.05, 0) is 55.6 Å². The first-order valence-electron chi connectivity index (χ1n) is 7.63. The molecule has 1 aromatic carbocycles. The van der Waals surface area contributed by atoms with E-state index in [0.29, 0.717) is 17.9 Å². The second kappa shape index (κ2) is 6.11. The lowest BCUT2D eigenvalue weighted by Gasteiger charge is -2.23. The molecule has 1 fully saturated rings. The largest absolute Gasteiger partial charge is 0.492 e. The fourth-order valence-corrected chi connectivity index (χ4v) is 2.66. The number of nitrogens with zero attached hydrogens (tertiary/aromatic N) is 1. The highest BCUT2D eigenvalue weighted by Gasteiger charge is 2.33. The number of benzene rings is 1. The van der Waals surface area contributed by atoms with Gasteiger partial charge in [0.1, 0.15) is 12.4 Å². The van der Waals surface area contributed by atoms with Crippen molar-refractivity contribution in [2.75, 3.05) is 20.2 Å². The first kappa shape index (κ1) is 17.1. The smallest absolute Gasteiger partial charge is 0.416 e. The maximum atomic E-state index is 13.1. The number of likely N-dealkylation sites (N-methyl/N-ethyl adjacent to an activating group) is 1. The van der Waals surface area contributed by atoms with Gasteiger partial charge in [-0.1, -0.05) is 20.8 Å². The van der Waals surface area contributed by atoms with Crippen molar-refractivity contribution in [1.82, 2.24) is 4.90 Å². The number of rotatable bonds is 3. The van der Waals surface area contributed by atoms with Crippen LogP contribution in [0.2, 0.25) is 0 Å². The molecule has 1 heterocycles. The zero-order valence-electron chi connectivity index (χ0n) is 13.6. The Bertz CT molecular complexity index is 487. The number of hydrogen-bond donors (Lipinski definition) is 0. The SMILES string of the molecule is CN1CCC[C@@H]1COc1cc(C(C)(C)C)cc(C(F)(F)F)c1. The van der Waals surface area contributed by atoms with Crippen LogP contribution >= 0.6 is 0 Å². The minimum absolute atomic E-state index is 0.285. The summed E-state index contributed by atoms with van der Waals surface area (Å²) in [6.45, 7) is 7.15. The number of halogens is 3. The summed E-state index contributed by atoms with van der Waals surface area (Å²) in [5.74, 6) is 0.306. The molecule has 0 N–H and O–H groups in total. The maximum absolute atomic E-state index is 13.1. The lowest BCUT2D eigenvalue weighted by atomic mass is 9.86. The molecule has 124 valence electrons. The van der Waals surface area contributed by atoms with Crippen molar-refractivity contribution in [3.63, 3.8) is 0 Å². The molecular weight excluding hydrogens is 291 g/mol. The average Bonchev–Trinajstić information content (AvgIpc) is 2.79. The van der Waals surface area contributed by atoms with E-state index in [0.717, 1.165) is 25.5 Å². The number of alkyl halides is 3. The van der Waals surface area contributed by atoms with Gasteiger partial charge in [0, 0.05) is 6.04 Å². The van der Waals surface area contributed by atoms with E-state index < -0.39 is 11.7 Å². The highest BCUT2D eigenvalue weighted by molar-refractivity contribution is 5.39. The van der Waals surface area contributed by atoms with E-state index in [1.165, 1.54) is 6.07 Å². The minimum atomic E-state index is -4.36. The van der Waals surface area contributed by atoms with E-state index in [4.69, 9.17) is 4.74 Å². The Balaban J connectivity index is 2.22. The summed E-state index contributed by atoms with van der Waals surface area (Å²) in [4.78, 5) is 2.19. The second-order valence-electron chi connectivity index (χ2n) is 7.08. The van der Waals surface area contributed by atoms with Crippen molar-refractivity contribution >= 4 is 0 Å². The Morgan fingerprint density at radius 3 is 2.27 bits per heavy atom. The zero-order chi connectivity index (χ0) is 16.5. The fraction of sp³-hybridized carbons (Fsp3) is 0.647. The minimum Gasteiger partial charge on any atom is -0.492 e. The van der Waals surface area contributed by atoms with Gasteiger partial charge in [0.25, 0.3) is 0 Å². The lowest BCUT2D eigenvalue weighted by molar-refractivity contribution is -0.137. The van der Waals surface area contributed by atoms with Gasteiger partial charge in [0.2, 0.25) is 0 Å². The summed E-state index contributed by atoms with van der Waals surface area (Å²) < 4.78 is 44.9. The predicted octanol–water partition coefficient (Wildman–Crippen LogP) is 4.48. The molecule has 5 heteroatoms. The molecule has 1 atom stereocenters. The molecule has 1 aromatic rings. The first-order valence-corrected chi connectivity index (χ1v) is 7.63. The van der Waals surface area contributed by atoms with Crippen LogP contribution in [0.25, 0.3) is 0 Å². The normalized spacial score (nSPS) is 20.4. The molecule has 22 heavy (non-hydrogen) atoms. The van der Waals surface area contributed by atoms with Gasteiger partial charge >= 0.3 is 6.18 Å². The van der Waals surface area contributed by atoms with Crippen LogP contribution in [0.15, 0.2) is 18.2 Å². The molecule has 0 unspecified atom stereocenters. The molecule has 1 aliphatic heterocycles. The Morgan fingerprint density at radius 2 is 1.77 bits per heavy atom. The van der Waals surface area contributed by atoms with Crippen molar-refractivity contribution in [2.24, 2.45) is 0 Å². The highest BCUT2D eigenvalue weighted by Crippen LogP contribution is 2.36. The Kier molecular flexibility index (Phi) is 4.76. The van der Waals surface area contributed by atoms with Crippen LogP contribution in [-0.2, 0) is 11.6 Å². The number of likely N-dealkylation sites (tertiary alicyclic amines) is 1. The third-order valence-electron chi connectivity index (χ3n) is 4.21. The summed E-state index contributed by atoms with van der Waals surface area (Å²) in [7, 11) is 2.02. The monoisotopic (exact) mass is 315 g/mol. The van der Waals surface area contributed by atoms with Crippen LogP contribution in [0.5, 0.6) is 5.75 Å². The molecule has 1 aliphatic rings. The van der Waals surface area contributed by atoms with Crippen molar-refractivity contribution in [3.05, 3.63) is 29.3 Å². The summed E-state index contributed by atoms with van der Waals surface area (Å²) in [6.07, 6.45) is -2.22. The van der Waals surface area contributed by atoms with Crippen molar-refractivity contribution in [3.8, 4) is 5.75 Å². The molecule has 1 saturated heterocycles. The van der Waals surface area contributed by atoms with E-state index in [1.807, 2.05) is 27.8 Å². The lowest BCUT2D eigenvalue weighted by Crippen LogP contribution is -2.30. The van der Waals surface area contributed by atoms with Crippen LogP contribution in [0.1, 0.15) is 44.7 Å². The molecule has 0 radical (unpaired) electrons. The van der Waals surface area contributed by atoms with Crippen molar-refractivity contribution in [2.45, 2.75) is 51.2 Å². The van der Waals surface area contributed by atoms with Crippen LogP contribution in [-0.4, -0.2) is 31.1 Å². The summed E-state index contributed by atoms with van der Waals surface area (Å²) >= 11 is 0. The van der Waals surface area contributed by atoms with Crippen LogP contribution < -0.4 is 4.74 Å². The van der Waals surface area contributed by atoms with Gasteiger partial charge in [-0.25, -0.2) is 0 Å². The quantitative estimate of drug-likeness (QED) is 0.815. The summed E-state index contributed by atoms with van der Waals surface area (Å²) in [6, 6.07) is 4.33. The molecule has 0 aliphatic carbocycles. The van der Waals surface area contributed by atoms with Gasteiger partial charge in [0.05, 0.1) is 5.56 Å². The van der Waals surface area contributed by atoms with E-state index in [1.54, 1.807) is 6.07 Å². The van der Waals surface area contributed by atoms with Crippen molar-refractivity contribution in [1.29, 1.82) is 0 Å². The topological polar surface area (TPSA) is 12.5 Å². The van der Waals surface area contributed by atoms with Gasteiger partial charge in [-0.15, -0.1) is 0 Å². The van der Waals surface area contributed by atoms with E-state index in [2.05, 4.69) is 4.90 Å². The summed E-state index contributed by atoms with van der Waals surface area (Å²) in [5, 5.41) is 0. The van der Waals surface area contributed by atoms with Crippen LogP contribution in [0, 0.1) is 0 Å². The summed E-state index contributed by atoms with van der Waals surface area (Å²) in [5.41, 5.74) is -0.365. The number of ether oxygens (including phenoxy) is 1. The first-order chi connectivity index (χ1) is 10.1. The molecular formula is C17H24F3NO. The molecule has 0 aromatic heterocycles. The van der Waals surface area contributed by atoms with Gasteiger partial charge in [-0.2, -0.15) is 13.2 Å². The Labute approximate surface area is 130 Å². The Morgan fingerprint density at radius 1 is 1.14 bits per heavy atom. The third-order valence-corrected chi connectivity index (χ3v) is 4.21. The van der Waals surface area contributed by atoms with E-state index in [9.17, 15) is 13.2 Å². The molecule has 0 spiro atoms. The number of hydrogen-bond acceptors (Lipinski definition) is 2. The Hall–Kier alpha value is -1.23. The standard InChI is InChI=1S/C17H24F3NO/c1-16(2,3)12-8-13(17(18,19)20)10-15(9-12)22-11-14-6-5-7-21(14)4/h8-10,14H,5-7,11H2,1-4H3/t14-/m1/s1. The van der Waals surface area contributed by atoms with Gasteiger partial charge in [0.15, 0.2) is 0 Å².